The van der Waals surface area contributed by atoms with Crippen molar-refractivity contribution in [3.05, 3.63) is 23.2 Å². The van der Waals surface area contributed by atoms with Crippen molar-refractivity contribution in [3.63, 3.8) is 0 Å². The van der Waals surface area contributed by atoms with E-state index in [0.717, 1.165) is 5.56 Å². The lowest BCUT2D eigenvalue weighted by atomic mass is 10.2. The molecule has 0 aliphatic rings. The lowest BCUT2D eigenvalue weighted by Crippen LogP contribution is -2.15. The third kappa shape index (κ3) is 3.02. The van der Waals surface area contributed by atoms with Crippen LogP contribution in [0.15, 0.2) is 18.2 Å². The van der Waals surface area contributed by atoms with Crippen LogP contribution in [-0.2, 0) is 4.74 Å². The number of nitrogens with zero attached hydrogens (tertiary/aromatic N) is 4. The molecule has 1 unspecified atom stereocenters. The molecule has 19 heavy (non-hydrogen) atoms. The van der Waals surface area contributed by atoms with Crippen LogP contribution in [0.1, 0.15) is 19.9 Å². The zero-order valence-electron chi connectivity index (χ0n) is 10.9. The van der Waals surface area contributed by atoms with E-state index in [1.165, 1.54) is 0 Å². The van der Waals surface area contributed by atoms with Crippen molar-refractivity contribution >= 4 is 17.3 Å². The number of ether oxygens (including phenoxy) is 1. The Morgan fingerprint density at radius 1 is 1.47 bits per heavy atom. The Morgan fingerprint density at radius 3 is 3.00 bits per heavy atom. The summed E-state index contributed by atoms with van der Waals surface area (Å²) < 4.78 is 7.08. The molecule has 2 rings (SSSR count). The van der Waals surface area contributed by atoms with Gasteiger partial charge in [0.25, 0.3) is 0 Å². The lowest BCUT2D eigenvalue weighted by molar-refractivity contribution is 0.115. The van der Waals surface area contributed by atoms with E-state index in [1.807, 2.05) is 13.8 Å². The molecule has 0 bridgehead atoms. The Labute approximate surface area is 116 Å². The van der Waals surface area contributed by atoms with Gasteiger partial charge in [0.05, 0.1) is 17.7 Å². The summed E-state index contributed by atoms with van der Waals surface area (Å²) in [5.41, 5.74) is 7.11. The molecule has 0 amide bonds. The molecule has 0 spiro atoms. The Balaban J connectivity index is 2.35. The summed E-state index contributed by atoms with van der Waals surface area (Å²) in [4.78, 5) is 0. The molecule has 0 radical (unpaired) electrons. The average molecular weight is 282 g/mol. The minimum atomic E-state index is 0.0162. The molecule has 1 heterocycles. The van der Waals surface area contributed by atoms with Gasteiger partial charge in [0.2, 0.25) is 0 Å². The summed E-state index contributed by atoms with van der Waals surface area (Å²) in [5, 5.41) is 12.3. The number of nitrogen functional groups attached to an aromatic ring is 1. The van der Waals surface area contributed by atoms with Gasteiger partial charge in [0, 0.05) is 17.9 Å². The van der Waals surface area contributed by atoms with Gasteiger partial charge in [-0.2, -0.15) is 0 Å². The van der Waals surface area contributed by atoms with Crippen molar-refractivity contribution in [1.82, 2.24) is 20.2 Å². The molecule has 7 heteroatoms. The fourth-order valence-electron chi connectivity index (χ4n) is 1.74. The van der Waals surface area contributed by atoms with E-state index in [2.05, 4.69) is 15.5 Å². The minimum Gasteiger partial charge on any atom is -0.399 e. The van der Waals surface area contributed by atoms with Gasteiger partial charge in [-0.3, -0.25) is 0 Å². The number of nitrogens with two attached hydrogens (primary N) is 1. The third-order valence-electron chi connectivity index (χ3n) is 2.70. The predicted molar refractivity (Wildman–Crippen MR) is 73.9 cm³/mol. The molecule has 0 aliphatic heterocycles. The largest absolute Gasteiger partial charge is 0.399 e. The molecular weight excluding hydrogens is 266 g/mol. The molecular formula is C12H16ClN5O. The maximum atomic E-state index is 6.17. The number of tetrazole rings is 1. The number of hydrogen-bond donors (Lipinski definition) is 1. The van der Waals surface area contributed by atoms with E-state index in [1.54, 1.807) is 22.9 Å². The van der Waals surface area contributed by atoms with Gasteiger partial charge in [-0.1, -0.05) is 11.6 Å². The van der Waals surface area contributed by atoms with Crippen molar-refractivity contribution in [2.45, 2.75) is 19.9 Å². The Bertz CT molecular complexity index is 557. The Morgan fingerprint density at radius 2 is 2.26 bits per heavy atom. The van der Waals surface area contributed by atoms with Crippen molar-refractivity contribution in [3.8, 4) is 11.4 Å². The van der Waals surface area contributed by atoms with Gasteiger partial charge >= 0.3 is 0 Å². The Kier molecular flexibility index (Phi) is 4.34. The number of aromatic nitrogens is 4. The summed E-state index contributed by atoms with van der Waals surface area (Å²) in [6.07, 6.45) is 0. The molecule has 0 saturated carbocycles. The number of hydrogen-bond acceptors (Lipinski definition) is 5. The van der Waals surface area contributed by atoms with Gasteiger partial charge in [0.15, 0.2) is 5.82 Å². The molecule has 2 N–H and O–H groups in total. The zero-order chi connectivity index (χ0) is 13.8. The highest BCUT2D eigenvalue weighted by molar-refractivity contribution is 6.33. The van der Waals surface area contributed by atoms with Crippen LogP contribution in [0.5, 0.6) is 0 Å². The summed E-state index contributed by atoms with van der Waals surface area (Å²) in [6.45, 7) is 5.12. The molecule has 1 aromatic carbocycles. The Hall–Kier alpha value is -1.66. The first-order valence-corrected chi connectivity index (χ1v) is 6.42. The number of anilines is 1. The first-order valence-electron chi connectivity index (χ1n) is 6.04. The molecule has 102 valence electrons. The topological polar surface area (TPSA) is 78.8 Å². The van der Waals surface area contributed by atoms with Gasteiger partial charge in [-0.05, 0) is 42.5 Å². The highest BCUT2D eigenvalue weighted by atomic mass is 35.5. The van der Waals surface area contributed by atoms with Crippen LogP contribution < -0.4 is 5.73 Å². The molecule has 1 aromatic heterocycles. The van der Waals surface area contributed by atoms with Gasteiger partial charge in [0.1, 0.15) is 0 Å². The van der Waals surface area contributed by atoms with E-state index >= 15 is 0 Å². The van der Waals surface area contributed by atoms with Crippen LogP contribution in [0, 0.1) is 0 Å². The fourth-order valence-corrected chi connectivity index (χ4v) is 1.94. The number of benzene rings is 1. The smallest absolute Gasteiger partial charge is 0.183 e. The second kappa shape index (κ2) is 5.99. The molecule has 1 atom stereocenters. The van der Waals surface area contributed by atoms with Crippen LogP contribution >= 0.6 is 11.6 Å². The van der Waals surface area contributed by atoms with Crippen LogP contribution in [0.4, 0.5) is 5.69 Å². The van der Waals surface area contributed by atoms with Crippen molar-refractivity contribution in [2.75, 3.05) is 18.9 Å². The van der Waals surface area contributed by atoms with E-state index < -0.39 is 0 Å². The summed E-state index contributed by atoms with van der Waals surface area (Å²) >= 11 is 6.17. The van der Waals surface area contributed by atoms with Crippen LogP contribution in [0.25, 0.3) is 11.4 Å². The quantitative estimate of drug-likeness (QED) is 0.850. The molecule has 0 aliphatic carbocycles. The van der Waals surface area contributed by atoms with Gasteiger partial charge in [-0.25, -0.2) is 4.68 Å². The summed E-state index contributed by atoms with van der Waals surface area (Å²) in [5.74, 6) is 0.588. The van der Waals surface area contributed by atoms with Gasteiger partial charge in [-0.15, -0.1) is 5.10 Å². The summed E-state index contributed by atoms with van der Waals surface area (Å²) in [7, 11) is 0. The second-order valence-electron chi connectivity index (χ2n) is 4.19. The maximum absolute atomic E-state index is 6.17. The second-order valence-corrected chi connectivity index (χ2v) is 4.60. The summed E-state index contributed by atoms with van der Waals surface area (Å²) in [6, 6.07) is 5.25. The van der Waals surface area contributed by atoms with Crippen molar-refractivity contribution in [2.24, 2.45) is 0 Å². The van der Waals surface area contributed by atoms with E-state index in [4.69, 9.17) is 22.1 Å². The van der Waals surface area contributed by atoms with Crippen molar-refractivity contribution in [1.29, 1.82) is 0 Å². The molecule has 0 saturated heterocycles. The van der Waals surface area contributed by atoms with Crippen molar-refractivity contribution < 1.29 is 4.74 Å². The fraction of sp³-hybridized carbons (Fsp3) is 0.417. The normalized spacial score (nSPS) is 12.6. The standard InChI is InChI=1S/C12H16ClN5O/c1-3-19-7-8(2)18-12(15-16-17-18)10-6-9(14)4-5-11(10)13/h4-6,8H,3,7,14H2,1-2H3. The molecule has 0 fully saturated rings. The van der Waals surface area contributed by atoms with E-state index in [9.17, 15) is 0 Å². The van der Waals surface area contributed by atoms with E-state index in [-0.39, 0.29) is 6.04 Å². The monoisotopic (exact) mass is 281 g/mol. The highest BCUT2D eigenvalue weighted by Crippen LogP contribution is 2.29. The number of halogens is 1. The van der Waals surface area contributed by atoms with Crippen LogP contribution in [-0.4, -0.2) is 33.4 Å². The molecule has 2 aromatic rings. The zero-order valence-corrected chi connectivity index (χ0v) is 11.6. The first-order chi connectivity index (χ1) is 9.13. The number of rotatable bonds is 5. The minimum absolute atomic E-state index is 0.0162. The van der Waals surface area contributed by atoms with Crippen LogP contribution in [0.3, 0.4) is 0 Å². The lowest BCUT2D eigenvalue weighted by Gasteiger charge is -2.13. The van der Waals surface area contributed by atoms with E-state index in [0.29, 0.717) is 29.7 Å². The average Bonchev–Trinajstić information content (AvgIpc) is 2.88. The third-order valence-corrected chi connectivity index (χ3v) is 3.03. The van der Waals surface area contributed by atoms with Gasteiger partial charge < -0.3 is 10.5 Å². The maximum Gasteiger partial charge on any atom is 0.183 e. The highest BCUT2D eigenvalue weighted by Gasteiger charge is 2.17. The SMILES string of the molecule is CCOCC(C)n1nnnc1-c1cc(N)ccc1Cl. The first kappa shape index (κ1) is 13.8. The predicted octanol–water partition coefficient (Wildman–Crippen LogP) is 2.17. The van der Waals surface area contributed by atoms with Crippen LogP contribution in [0.2, 0.25) is 5.02 Å². The molecule has 6 nitrogen and oxygen atoms in total.